The summed E-state index contributed by atoms with van der Waals surface area (Å²) in [5.41, 5.74) is -0.239. The fourth-order valence-corrected chi connectivity index (χ4v) is 2.56. The minimum Gasteiger partial charge on any atom is -0.392 e. The number of Topliss-reactive ketones (excluding diaryl/α,β-unsaturated/α-hetero) is 1. The van der Waals surface area contributed by atoms with Crippen molar-refractivity contribution in [2.24, 2.45) is 5.92 Å². The molecule has 0 amide bonds. The molecule has 2 atom stereocenters. The molecule has 2 nitrogen and oxygen atoms in total. The van der Waals surface area contributed by atoms with Crippen LogP contribution in [0.25, 0.3) is 0 Å². The lowest BCUT2D eigenvalue weighted by molar-refractivity contribution is -0.129. The Morgan fingerprint density at radius 2 is 2.16 bits per heavy atom. The normalized spacial score (nSPS) is 19.2. The van der Waals surface area contributed by atoms with E-state index >= 15 is 0 Å². The van der Waals surface area contributed by atoms with Gasteiger partial charge in [0.05, 0.1) is 6.61 Å². The third-order valence-electron chi connectivity index (χ3n) is 3.86. The van der Waals surface area contributed by atoms with E-state index in [9.17, 15) is 9.18 Å². The van der Waals surface area contributed by atoms with Gasteiger partial charge in [-0.25, -0.2) is 4.39 Å². The van der Waals surface area contributed by atoms with Crippen molar-refractivity contribution in [1.82, 2.24) is 0 Å². The van der Waals surface area contributed by atoms with Gasteiger partial charge in [-0.15, -0.1) is 0 Å². The average Bonchev–Trinajstić information content (AvgIpc) is 3.13. The first-order chi connectivity index (χ1) is 8.46. The monoisotopic (exact) mass is 284 g/mol. The predicted octanol–water partition coefficient (Wildman–Crippen LogP) is 3.10. The quantitative estimate of drug-likeness (QED) is 0.902. The highest BCUT2D eigenvalue weighted by atomic mass is 32.1. The standard InChI is InChI=1S/C15H19FO2.H2S/c1-10(18)15(2,16)14(12-6-7-12)13-5-3-4-11(8-13)9-17;/h3-5,8,12,14,17H,6-7,9H2,1-2H3;1H2/t14-,15?;/m0./s1. The van der Waals surface area contributed by atoms with E-state index in [4.69, 9.17) is 5.11 Å². The molecule has 1 aromatic rings. The van der Waals surface area contributed by atoms with Crippen LogP contribution in [0.3, 0.4) is 0 Å². The maximum Gasteiger partial charge on any atom is 0.172 e. The van der Waals surface area contributed by atoms with Crippen LogP contribution in [-0.4, -0.2) is 16.6 Å². The van der Waals surface area contributed by atoms with Crippen LogP contribution in [-0.2, 0) is 11.4 Å². The Kier molecular flexibility index (Phi) is 5.16. The molecule has 0 heterocycles. The summed E-state index contributed by atoms with van der Waals surface area (Å²) in [5, 5.41) is 9.15. The number of alkyl halides is 1. The van der Waals surface area contributed by atoms with Crippen molar-refractivity contribution in [3.63, 3.8) is 0 Å². The fraction of sp³-hybridized carbons (Fsp3) is 0.533. The topological polar surface area (TPSA) is 37.3 Å². The van der Waals surface area contributed by atoms with Gasteiger partial charge >= 0.3 is 0 Å². The van der Waals surface area contributed by atoms with Crippen LogP contribution >= 0.6 is 13.5 Å². The van der Waals surface area contributed by atoms with Gasteiger partial charge in [0.15, 0.2) is 11.5 Å². The Balaban J connectivity index is 0.00000180. The largest absolute Gasteiger partial charge is 0.392 e. The Hall–Kier alpha value is -0.870. The molecule has 1 aromatic carbocycles. The number of rotatable bonds is 5. The van der Waals surface area contributed by atoms with E-state index in [0.29, 0.717) is 0 Å². The second-order valence-corrected chi connectivity index (χ2v) is 5.35. The highest BCUT2D eigenvalue weighted by Crippen LogP contribution is 2.50. The molecule has 0 radical (unpaired) electrons. The first-order valence-corrected chi connectivity index (χ1v) is 6.36. The first-order valence-electron chi connectivity index (χ1n) is 6.36. The summed E-state index contributed by atoms with van der Waals surface area (Å²) in [6.45, 7) is 2.63. The molecule has 0 saturated heterocycles. The zero-order valence-electron chi connectivity index (χ0n) is 11.3. The van der Waals surface area contributed by atoms with Crippen LogP contribution < -0.4 is 0 Å². The summed E-state index contributed by atoms with van der Waals surface area (Å²) in [7, 11) is 0. The van der Waals surface area contributed by atoms with Gasteiger partial charge < -0.3 is 5.11 Å². The molecule has 1 aliphatic carbocycles. The van der Waals surface area contributed by atoms with Crippen LogP contribution in [0.15, 0.2) is 24.3 Å². The molecule has 1 unspecified atom stereocenters. The Morgan fingerprint density at radius 3 is 2.63 bits per heavy atom. The van der Waals surface area contributed by atoms with Crippen molar-refractivity contribution in [1.29, 1.82) is 0 Å². The number of hydrogen-bond acceptors (Lipinski definition) is 2. The van der Waals surface area contributed by atoms with Crippen LogP contribution in [0.4, 0.5) is 4.39 Å². The number of aliphatic hydroxyl groups is 1. The lowest BCUT2D eigenvalue weighted by Gasteiger charge is -2.29. The second kappa shape index (κ2) is 6.06. The number of aliphatic hydroxyl groups excluding tert-OH is 1. The number of halogens is 1. The number of hydrogen-bond donors (Lipinski definition) is 1. The SMILES string of the molecule is CC(=O)C(C)(F)[C@H](c1cccc(CO)c1)C1CC1.S. The molecule has 4 heteroatoms. The molecular weight excluding hydrogens is 263 g/mol. The third kappa shape index (κ3) is 3.37. The van der Waals surface area contributed by atoms with Crippen molar-refractivity contribution in [3.8, 4) is 0 Å². The van der Waals surface area contributed by atoms with Crippen molar-refractivity contribution >= 4 is 19.3 Å². The lowest BCUT2D eigenvalue weighted by Crippen LogP contribution is -2.36. The van der Waals surface area contributed by atoms with E-state index in [1.54, 1.807) is 6.07 Å². The van der Waals surface area contributed by atoms with Crippen LogP contribution in [0.5, 0.6) is 0 Å². The lowest BCUT2D eigenvalue weighted by atomic mass is 9.78. The zero-order valence-corrected chi connectivity index (χ0v) is 12.3. The molecule has 1 aliphatic rings. The molecular formula is C15H21FO2S. The summed E-state index contributed by atoms with van der Waals surface area (Å²) in [4.78, 5) is 11.5. The average molecular weight is 284 g/mol. The number of carbonyl (C=O) groups excluding carboxylic acids is 1. The summed E-state index contributed by atoms with van der Waals surface area (Å²) in [5.74, 6) is -0.562. The van der Waals surface area contributed by atoms with Gasteiger partial charge in [-0.3, -0.25) is 4.79 Å². The minimum atomic E-state index is -1.82. The van der Waals surface area contributed by atoms with Gasteiger partial charge in [0.2, 0.25) is 0 Å². The second-order valence-electron chi connectivity index (χ2n) is 5.35. The molecule has 2 rings (SSSR count). The number of ketones is 1. The maximum atomic E-state index is 14.7. The Bertz CT molecular complexity index is 455. The van der Waals surface area contributed by atoms with E-state index in [1.807, 2.05) is 18.2 Å². The predicted molar refractivity (Wildman–Crippen MR) is 78.4 cm³/mol. The molecule has 106 valence electrons. The van der Waals surface area contributed by atoms with Gasteiger partial charge in [0.25, 0.3) is 0 Å². The van der Waals surface area contributed by atoms with Crippen LogP contribution in [0.1, 0.15) is 43.7 Å². The van der Waals surface area contributed by atoms with E-state index in [1.165, 1.54) is 13.8 Å². The van der Waals surface area contributed by atoms with Crippen LogP contribution in [0.2, 0.25) is 0 Å². The number of benzene rings is 1. The molecule has 1 saturated carbocycles. The van der Waals surface area contributed by atoms with Gasteiger partial charge in [0.1, 0.15) is 0 Å². The van der Waals surface area contributed by atoms with E-state index in [0.717, 1.165) is 24.0 Å². The fourth-order valence-electron chi connectivity index (χ4n) is 2.56. The molecule has 0 aliphatic heterocycles. The summed E-state index contributed by atoms with van der Waals surface area (Å²) < 4.78 is 14.7. The van der Waals surface area contributed by atoms with E-state index in [-0.39, 0.29) is 31.9 Å². The first kappa shape index (κ1) is 16.2. The highest BCUT2D eigenvalue weighted by molar-refractivity contribution is 7.59. The highest BCUT2D eigenvalue weighted by Gasteiger charge is 2.48. The Labute approximate surface area is 120 Å². The van der Waals surface area contributed by atoms with E-state index in [2.05, 4.69) is 0 Å². The maximum absolute atomic E-state index is 14.7. The molecule has 1 fully saturated rings. The van der Waals surface area contributed by atoms with Gasteiger partial charge in [0, 0.05) is 5.92 Å². The zero-order chi connectivity index (χ0) is 13.3. The minimum absolute atomic E-state index is 0. The van der Waals surface area contributed by atoms with Crippen LogP contribution in [0, 0.1) is 5.92 Å². The molecule has 19 heavy (non-hydrogen) atoms. The molecule has 0 bridgehead atoms. The van der Waals surface area contributed by atoms with Crippen molar-refractivity contribution in [3.05, 3.63) is 35.4 Å². The van der Waals surface area contributed by atoms with Gasteiger partial charge in [-0.2, -0.15) is 13.5 Å². The molecule has 0 aromatic heterocycles. The van der Waals surface area contributed by atoms with Crippen molar-refractivity contribution in [2.45, 2.75) is 44.9 Å². The van der Waals surface area contributed by atoms with Crippen molar-refractivity contribution < 1.29 is 14.3 Å². The van der Waals surface area contributed by atoms with Crippen molar-refractivity contribution in [2.75, 3.05) is 0 Å². The summed E-state index contributed by atoms with van der Waals surface area (Å²) in [6.07, 6.45) is 1.95. The molecule has 1 N–H and O–H groups in total. The summed E-state index contributed by atoms with van der Waals surface area (Å²) >= 11 is 0. The third-order valence-corrected chi connectivity index (χ3v) is 3.86. The van der Waals surface area contributed by atoms with E-state index < -0.39 is 11.5 Å². The van der Waals surface area contributed by atoms with Gasteiger partial charge in [-0.05, 0) is 43.7 Å². The summed E-state index contributed by atoms with van der Waals surface area (Å²) in [6, 6.07) is 7.27. The number of carbonyl (C=O) groups is 1. The smallest absolute Gasteiger partial charge is 0.172 e. The molecule has 0 spiro atoms. The van der Waals surface area contributed by atoms with Gasteiger partial charge in [-0.1, -0.05) is 24.3 Å². The Morgan fingerprint density at radius 1 is 1.53 bits per heavy atom.